The fraction of sp³-hybridized carbons (Fsp3) is 0.375. The van der Waals surface area contributed by atoms with Gasteiger partial charge in [-0.1, -0.05) is 24.2 Å². The Kier molecular flexibility index (Phi) is 7.29. The maximum Gasteiger partial charge on any atom is 0.253 e. The van der Waals surface area contributed by atoms with E-state index in [1.807, 2.05) is 13.0 Å². The van der Waals surface area contributed by atoms with Gasteiger partial charge in [0.05, 0.1) is 0 Å². The summed E-state index contributed by atoms with van der Waals surface area (Å²) in [7, 11) is 0. The Morgan fingerprint density at radius 1 is 1.15 bits per heavy atom. The third kappa shape index (κ3) is 5.74. The lowest BCUT2D eigenvalue weighted by atomic mass is 9.96. The molecule has 1 fully saturated rings. The molecule has 9 heteroatoms. The Hall–Kier alpha value is -3.75. The van der Waals surface area contributed by atoms with Crippen LogP contribution in [0.15, 0.2) is 53.5 Å². The molecule has 3 aromatic rings. The zero-order chi connectivity index (χ0) is 23.0. The number of rotatable bonds is 10. The molecule has 0 atom stereocenters. The van der Waals surface area contributed by atoms with Crippen molar-refractivity contribution in [3.63, 3.8) is 0 Å². The number of aromatic nitrogens is 3. The number of carbonyl (C=O) groups excluding carboxylic acids is 2. The van der Waals surface area contributed by atoms with Crippen LogP contribution in [0.25, 0.3) is 11.4 Å². The summed E-state index contributed by atoms with van der Waals surface area (Å²) in [5, 5.41) is 6.71. The molecule has 1 saturated carbocycles. The SMILES string of the molecule is CCCN(CCNC(=O)c1ccnc(OC2CCC2)c1)C(=O)c1cccc(-c2ncon2)c1. The van der Waals surface area contributed by atoms with Crippen molar-refractivity contribution >= 4 is 11.8 Å². The highest BCUT2D eigenvalue weighted by atomic mass is 16.5. The van der Waals surface area contributed by atoms with Gasteiger partial charge in [-0.25, -0.2) is 4.98 Å². The average Bonchev–Trinajstić information content (AvgIpc) is 3.36. The quantitative estimate of drug-likeness (QED) is 0.505. The summed E-state index contributed by atoms with van der Waals surface area (Å²) >= 11 is 0. The summed E-state index contributed by atoms with van der Waals surface area (Å²) < 4.78 is 10.6. The lowest BCUT2D eigenvalue weighted by molar-refractivity contribution is 0.0748. The van der Waals surface area contributed by atoms with Crippen LogP contribution in [0.5, 0.6) is 5.88 Å². The summed E-state index contributed by atoms with van der Waals surface area (Å²) in [6.07, 6.45) is 7.04. The van der Waals surface area contributed by atoms with E-state index >= 15 is 0 Å². The third-order valence-electron chi connectivity index (χ3n) is 5.51. The molecule has 1 N–H and O–H groups in total. The maximum absolute atomic E-state index is 13.1. The van der Waals surface area contributed by atoms with Crippen molar-refractivity contribution in [2.24, 2.45) is 0 Å². The van der Waals surface area contributed by atoms with Crippen LogP contribution in [0.4, 0.5) is 0 Å². The first kappa shape index (κ1) is 22.4. The van der Waals surface area contributed by atoms with E-state index < -0.39 is 0 Å². The second-order valence-electron chi connectivity index (χ2n) is 7.94. The number of nitrogens with one attached hydrogen (secondary N) is 1. The molecule has 2 aromatic heterocycles. The predicted molar refractivity (Wildman–Crippen MR) is 121 cm³/mol. The Labute approximate surface area is 192 Å². The van der Waals surface area contributed by atoms with Gasteiger partial charge in [-0.15, -0.1) is 0 Å². The van der Waals surface area contributed by atoms with Gasteiger partial charge in [-0.3, -0.25) is 9.59 Å². The normalized spacial score (nSPS) is 13.2. The van der Waals surface area contributed by atoms with Crippen LogP contribution >= 0.6 is 0 Å². The average molecular weight is 450 g/mol. The number of pyridine rings is 1. The molecule has 1 aliphatic carbocycles. The molecular weight excluding hydrogens is 422 g/mol. The van der Waals surface area contributed by atoms with Gasteiger partial charge in [0.25, 0.3) is 11.8 Å². The van der Waals surface area contributed by atoms with E-state index in [-0.39, 0.29) is 17.9 Å². The fourth-order valence-electron chi connectivity index (χ4n) is 3.54. The summed E-state index contributed by atoms with van der Waals surface area (Å²) in [5.41, 5.74) is 1.72. The molecule has 172 valence electrons. The maximum atomic E-state index is 13.1. The van der Waals surface area contributed by atoms with Crippen LogP contribution in [0.2, 0.25) is 0 Å². The van der Waals surface area contributed by atoms with Crippen LogP contribution in [-0.2, 0) is 0 Å². The highest BCUT2D eigenvalue weighted by molar-refractivity contribution is 5.96. The van der Waals surface area contributed by atoms with Crippen molar-refractivity contribution in [2.75, 3.05) is 19.6 Å². The lowest BCUT2D eigenvalue weighted by Gasteiger charge is -2.25. The predicted octanol–water partition coefficient (Wildman–Crippen LogP) is 3.35. The first-order chi connectivity index (χ1) is 16.1. The first-order valence-electron chi connectivity index (χ1n) is 11.2. The molecule has 0 bridgehead atoms. The van der Waals surface area contributed by atoms with Crippen LogP contribution in [0, 0.1) is 0 Å². The highest BCUT2D eigenvalue weighted by Gasteiger charge is 2.20. The largest absolute Gasteiger partial charge is 0.474 e. The minimum absolute atomic E-state index is 0.114. The van der Waals surface area contributed by atoms with E-state index in [9.17, 15) is 9.59 Å². The second kappa shape index (κ2) is 10.7. The molecule has 33 heavy (non-hydrogen) atoms. The molecule has 2 heterocycles. The molecule has 0 radical (unpaired) electrons. The van der Waals surface area contributed by atoms with E-state index in [1.165, 1.54) is 12.8 Å². The fourth-order valence-corrected chi connectivity index (χ4v) is 3.54. The van der Waals surface area contributed by atoms with Crippen LogP contribution in [0.3, 0.4) is 0 Å². The molecule has 1 aromatic carbocycles. The number of benzene rings is 1. The van der Waals surface area contributed by atoms with Gasteiger partial charge in [0.15, 0.2) is 0 Å². The topological polar surface area (TPSA) is 110 Å². The summed E-state index contributed by atoms with van der Waals surface area (Å²) in [5.74, 6) is 0.559. The third-order valence-corrected chi connectivity index (χ3v) is 5.51. The number of ether oxygens (including phenoxy) is 1. The first-order valence-corrected chi connectivity index (χ1v) is 11.2. The zero-order valence-electron chi connectivity index (χ0n) is 18.6. The summed E-state index contributed by atoms with van der Waals surface area (Å²) in [4.78, 5) is 35.7. The van der Waals surface area contributed by atoms with Crippen molar-refractivity contribution < 1.29 is 18.8 Å². The van der Waals surface area contributed by atoms with Gasteiger partial charge >= 0.3 is 0 Å². The van der Waals surface area contributed by atoms with E-state index in [1.54, 1.807) is 41.4 Å². The van der Waals surface area contributed by atoms with Crippen LogP contribution in [0.1, 0.15) is 53.3 Å². The van der Waals surface area contributed by atoms with Gasteiger partial charge in [-0.2, -0.15) is 4.98 Å². The molecule has 0 unspecified atom stereocenters. The number of nitrogens with zero attached hydrogens (tertiary/aromatic N) is 4. The lowest BCUT2D eigenvalue weighted by Crippen LogP contribution is -2.39. The number of hydrogen-bond acceptors (Lipinski definition) is 7. The monoisotopic (exact) mass is 449 g/mol. The van der Waals surface area contributed by atoms with Gasteiger partial charge in [0, 0.05) is 48.6 Å². The van der Waals surface area contributed by atoms with E-state index in [0.717, 1.165) is 19.3 Å². The van der Waals surface area contributed by atoms with E-state index in [2.05, 4.69) is 20.4 Å². The van der Waals surface area contributed by atoms with Crippen molar-refractivity contribution in [3.8, 4) is 17.3 Å². The Morgan fingerprint density at radius 2 is 2.03 bits per heavy atom. The Morgan fingerprint density at radius 3 is 2.76 bits per heavy atom. The van der Waals surface area contributed by atoms with Crippen molar-refractivity contribution in [1.29, 1.82) is 0 Å². The smallest absolute Gasteiger partial charge is 0.253 e. The molecule has 1 aliphatic rings. The minimum atomic E-state index is -0.223. The van der Waals surface area contributed by atoms with E-state index in [4.69, 9.17) is 9.26 Å². The number of carbonyl (C=O) groups is 2. The zero-order valence-corrected chi connectivity index (χ0v) is 18.6. The number of amides is 2. The molecule has 4 rings (SSSR count). The molecular formula is C24H27N5O4. The minimum Gasteiger partial charge on any atom is -0.474 e. The van der Waals surface area contributed by atoms with Gasteiger partial charge in [0.2, 0.25) is 18.1 Å². The second-order valence-corrected chi connectivity index (χ2v) is 7.94. The van der Waals surface area contributed by atoms with Gasteiger partial charge in [0.1, 0.15) is 6.10 Å². The Balaban J connectivity index is 1.35. The van der Waals surface area contributed by atoms with Crippen molar-refractivity contribution in [2.45, 2.75) is 38.7 Å². The van der Waals surface area contributed by atoms with Crippen molar-refractivity contribution in [3.05, 3.63) is 60.1 Å². The molecule has 9 nitrogen and oxygen atoms in total. The summed E-state index contributed by atoms with van der Waals surface area (Å²) in [6.45, 7) is 3.31. The van der Waals surface area contributed by atoms with Gasteiger partial charge < -0.3 is 19.5 Å². The molecule has 2 amide bonds. The van der Waals surface area contributed by atoms with Crippen LogP contribution < -0.4 is 10.1 Å². The molecule has 0 saturated heterocycles. The highest BCUT2D eigenvalue weighted by Crippen LogP contribution is 2.24. The molecule has 0 aliphatic heterocycles. The number of hydrogen-bond donors (Lipinski definition) is 1. The van der Waals surface area contributed by atoms with E-state index in [0.29, 0.717) is 48.0 Å². The Bertz CT molecular complexity index is 1080. The summed E-state index contributed by atoms with van der Waals surface area (Å²) in [6, 6.07) is 10.4. The standard InChI is InChI=1S/C24H27N5O4/c1-2-12-29(24(31)19-6-3-5-17(14-19)22-27-16-32-28-22)13-11-26-23(30)18-9-10-25-21(15-18)33-20-7-4-8-20/h3,5-6,9-10,14-16,20H,2,4,7-8,11-13H2,1H3,(H,26,30). The molecule has 0 spiro atoms. The van der Waals surface area contributed by atoms with Crippen LogP contribution in [-0.4, -0.2) is 57.6 Å². The van der Waals surface area contributed by atoms with Crippen molar-refractivity contribution in [1.82, 2.24) is 25.3 Å². The van der Waals surface area contributed by atoms with Gasteiger partial charge in [-0.05, 0) is 43.9 Å².